The molecule has 0 bridgehead atoms. The van der Waals surface area contributed by atoms with E-state index >= 15 is 0 Å². The summed E-state index contributed by atoms with van der Waals surface area (Å²) < 4.78 is 0. The standard InChI is InChI=1S/C19H22N2O2/c1-15-8-10-18(11-9-15)21(16(2)22)13-12-19(23)20-14-17-6-4-3-5-7-17/h3-11H,12-14H2,1-2H3,(H,20,23). The first-order valence-electron chi connectivity index (χ1n) is 7.71. The highest BCUT2D eigenvalue weighted by Gasteiger charge is 2.13. The van der Waals surface area contributed by atoms with Crippen LogP contribution in [-0.4, -0.2) is 18.4 Å². The lowest BCUT2D eigenvalue weighted by Crippen LogP contribution is -2.33. The first-order valence-corrected chi connectivity index (χ1v) is 7.71. The molecule has 2 amide bonds. The first kappa shape index (κ1) is 16.7. The quantitative estimate of drug-likeness (QED) is 0.891. The minimum atomic E-state index is -0.0651. The predicted octanol–water partition coefficient (Wildman–Crippen LogP) is 3.05. The third-order valence-electron chi connectivity index (χ3n) is 3.62. The Labute approximate surface area is 137 Å². The van der Waals surface area contributed by atoms with Crippen molar-refractivity contribution in [2.24, 2.45) is 0 Å². The Morgan fingerprint density at radius 2 is 1.65 bits per heavy atom. The molecule has 2 aromatic carbocycles. The van der Waals surface area contributed by atoms with Crippen molar-refractivity contribution in [3.63, 3.8) is 0 Å². The van der Waals surface area contributed by atoms with Crippen LogP contribution >= 0.6 is 0 Å². The first-order chi connectivity index (χ1) is 11.1. The Balaban J connectivity index is 1.87. The SMILES string of the molecule is CC(=O)N(CCC(=O)NCc1ccccc1)c1ccc(C)cc1. The Kier molecular flexibility index (Phi) is 5.92. The zero-order valence-electron chi connectivity index (χ0n) is 13.6. The van der Waals surface area contributed by atoms with Gasteiger partial charge in [-0.15, -0.1) is 0 Å². The summed E-state index contributed by atoms with van der Waals surface area (Å²) in [4.78, 5) is 25.4. The van der Waals surface area contributed by atoms with Gasteiger partial charge >= 0.3 is 0 Å². The molecule has 1 N–H and O–H groups in total. The summed E-state index contributed by atoms with van der Waals surface area (Å²) in [6, 6.07) is 17.5. The molecule has 2 rings (SSSR count). The number of carbonyl (C=O) groups excluding carboxylic acids is 2. The van der Waals surface area contributed by atoms with Gasteiger partial charge in [0.1, 0.15) is 0 Å². The van der Waals surface area contributed by atoms with E-state index < -0.39 is 0 Å². The Bertz CT molecular complexity index is 651. The van der Waals surface area contributed by atoms with Gasteiger partial charge in [0.15, 0.2) is 0 Å². The number of hydrogen-bond acceptors (Lipinski definition) is 2. The lowest BCUT2D eigenvalue weighted by atomic mass is 10.2. The van der Waals surface area contributed by atoms with E-state index in [4.69, 9.17) is 0 Å². The molecule has 0 atom stereocenters. The fourth-order valence-corrected chi connectivity index (χ4v) is 2.29. The highest BCUT2D eigenvalue weighted by atomic mass is 16.2. The van der Waals surface area contributed by atoms with E-state index in [0.717, 1.165) is 16.8 Å². The smallest absolute Gasteiger partial charge is 0.223 e. The second-order valence-electron chi connectivity index (χ2n) is 5.52. The molecule has 0 aliphatic carbocycles. The van der Waals surface area contributed by atoms with E-state index in [1.165, 1.54) is 6.92 Å². The molecule has 0 fully saturated rings. The minimum Gasteiger partial charge on any atom is -0.352 e. The van der Waals surface area contributed by atoms with Crippen LogP contribution in [-0.2, 0) is 16.1 Å². The molecule has 4 heteroatoms. The van der Waals surface area contributed by atoms with E-state index in [0.29, 0.717) is 13.1 Å². The van der Waals surface area contributed by atoms with Crippen molar-refractivity contribution in [3.05, 3.63) is 65.7 Å². The van der Waals surface area contributed by atoms with Gasteiger partial charge in [-0.2, -0.15) is 0 Å². The molecule has 0 aliphatic heterocycles. The van der Waals surface area contributed by atoms with Crippen molar-refractivity contribution in [1.29, 1.82) is 0 Å². The topological polar surface area (TPSA) is 49.4 Å². The summed E-state index contributed by atoms with van der Waals surface area (Å²) in [5.74, 6) is -0.128. The van der Waals surface area contributed by atoms with E-state index in [9.17, 15) is 9.59 Å². The van der Waals surface area contributed by atoms with Crippen molar-refractivity contribution in [3.8, 4) is 0 Å². The molecule has 0 heterocycles. The molecule has 0 radical (unpaired) electrons. The van der Waals surface area contributed by atoms with E-state index in [1.807, 2.05) is 61.5 Å². The summed E-state index contributed by atoms with van der Waals surface area (Å²) >= 11 is 0. The number of amides is 2. The Morgan fingerprint density at radius 3 is 2.26 bits per heavy atom. The van der Waals surface area contributed by atoms with Crippen LogP contribution < -0.4 is 10.2 Å². The van der Waals surface area contributed by atoms with Gasteiger partial charge in [0.25, 0.3) is 0 Å². The minimum absolute atomic E-state index is 0.0628. The molecule has 4 nitrogen and oxygen atoms in total. The zero-order chi connectivity index (χ0) is 16.7. The summed E-state index contributed by atoms with van der Waals surface area (Å²) in [6.07, 6.45) is 0.278. The second kappa shape index (κ2) is 8.13. The maximum atomic E-state index is 12.0. The van der Waals surface area contributed by atoms with Crippen molar-refractivity contribution >= 4 is 17.5 Å². The number of rotatable bonds is 6. The van der Waals surface area contributed by atoms with Crippen LogP contribution in [0, 0.1) is 6.92 Å². The van der Waals surface area contributed by atoms with Crippen LogP contribution in [0.25, 0.3) is 0 Å². The van der Waals surface area contributed by atoms with E-state index in [1.54, 1.807) is 4.90 Å². The van der Waals surface area contributed by atoms with Crippen LogP contribution in [0.5, 0.6) is 0 Å². The summed E-state index contributed by atoms with van der Waals surface area (Å²) in [5, 5.41) is 2.88. The van der Waals surface area contributed by atoms with Gasteiger partial charge in [0.2, 0.25) is 11.8 Å². The van der Waals surface area contributed by atoms with Gasteiger partial charge in [0.05, 0.1) is 0 Å². The van der Waals surface area contributed by atoms with Crippen molar-refractivity contribution in [1.82, 2.24) is 5.32 Å². The zero-order valence-corrected chi connectivity index (χ0v) is 13.6. The van der Waals surface area contributed by atoms with Crippen LogP contribution in [0.15, 0.2) is 54.6 Å². The van der Waals surface area contributed by atoms with Gasteiger partial charge in [0, 0.05) is 32.1 Å². The van der Waals surface area contributed by atoms with Crippen LogP contribution in [0.1, 0.15) is 24.5 Å². The fourth-order valence-electron chi connectivity index (χ4n) is 2.29. The third-order valence-corrected chi connectivity index (χ3v) is 3.62. The van der Waals surface area contributed by atoms with Gasteiger partial charge < -0.3 is 10.2 Å². The molecule has 23 heavy (non-hydrogen) atoms. The summed E-state index contributed by atoms with van der Waals surface area (Å²) in [5.41, 5.74) is 3.01. The molecule has 2 aromatic rings. The number of hydrogen-bond donors (Lipinski definition) is 1. The predicted molar refractivity (Wildman–Crippen MR) is 92.1 cm³/mol. The van der Waals surface area contributed by atoms with Crippen molar-refractivity contribution in [2.75, 3.05) is 11.4 Å². The van der Waals surface area contributed by atoms with Gasteiger partial charge in [-0.25, -0.2) is 0 Å². The largest absolute Gasteiger partial charge is 0.352 e. The molecule has 0 unspecified atom stereocenters. The van der Waals surface area contributed by atoms with Crippen molar-refractivity contribution in [2.45, 2.75) is 26.8 Å². The Hall–Kier alpha value is -2.62. The van der Waals surface area contributed by atoms with E-state index in [-0.39, 0.29) is 18.2 Å². The lowest BCUT2D eigenvalue weighted by Gasteiger charge is -2.21. The molecular formula is C19H22N2O2. The van der Waals surface area contributed by atoms with E-state index in [2.05, 4.69) is 5.32 Å². The number of anilines is 1. The highest BCUT2D eigenvalue weighted by molar-refractivity contribution is 5.92. The monoisotopic (exact) mass is 310 g/mol. The van der Waals surface area contributed by atoms with Crippen LogP contribution in [0.3, 0.4) is 0 Å². The maximum Gasteiger partial charge on any atom is 0.223 e. The number of carbonyl (C=O) groups is 2. The van der Waals surface area contributed by atoms with Gasteiger partial charge in [-0.3, -0.25) is 9.59 Å². The van der Waals surface area contributed by atoms with Crippen LogP contribution in [0.4, 0.5) is 5.69 Å². The summed E-state index contributed by atoms with van der Waals surface area (Å²) in [7, 11) is 0. The molecule has 0 aliphatic rings. The molecule has 0 aromatic heterocycles. The molecule has 0 spiro atoms. The van der Waals surface area contributed by atoms with Gasteiger partial charge in [-0.1, -0.05) is 48.0 Å². The van der Waals surface area contributed by atoms with Crippen molar-refractivity contribution < 1.29 is 9.59 Å². The molecule has 0 saturated carbocycles. The fraction of sp³-hybridized carbons (Fsp3) is 0.263. The molecular weight excluding hydrogens is 288 g/mol. The highest BCUT2D eigenvalue weighted by Crippen LogP contribution is 2.15. The number of aryl methyl sites for hydroxylation is 1. The number of benzene rings is 2. The average molecular weight is 310 g/mol. The summed E-state index contributed by atoms with van der Waals surface area (Å²) in [6.45, 7) is 4.39. The lowest BCUT2D eigenvalue weighted by molar-refractivity contribution is -0.121. The third kappa shape index (κ3) is 5.25. The number of nitrogens with zero attached hydrogens (tertiary/aromatic N) is 1. The molecule has 0 saturated heterocycles. The average Bonchev–Trinajstić information content (AvgIpc) is 2.55. The maximum absolute atomic E-state index is 12.0. The number of nitrogens with one attached hydrogen (secondary N) is 1. The second-order valence-corrected chi connectivity index (χ2v) is 5.52. The Morgan fingerprint density at radius 1 is 1.00 bits per heavy atom. The van der Waals surface area contributed by atoms with Gasteiger partial charge in [-0.05, 0) is 24.6 Å². The molecule has 120 valence electrons. The normalized spacial score (nSPS) is 10.2. The van der Waals surface area contributed by atoms with Crippen LogP contribution in [0.2, 0.25) is 0 Å².